The van der Waals surface area contributed by atoms with Crippen molar-refractivity contribution in [3.8, 4) is 16.9 Å². The van der Waals surface area contributed by atoms with Crippen molar-refractivity contribution in [1.82, 2.24) is 24.6 Å². The fraction of sp³-hybridized carbons (Fsp3) is 0.217. The van der Waals surface area contributed by atoms with Crippen molar-refractivity contribution in [3.63, 3.8) is 0 Å². The van der Waals surface area contributed by atoms with Gasteiger partial charge in [-0.2, -0.15) is 10.0 Å². The van der Waals surface area contributed by atoms with Crippen LogP contribution in [-0.4, -0.2) is 44.4 Å². The lowest BCUT2D eigenvalue weighted by atomic mass is 10.0. The highest BCUT2D eigenvalue weighted by atomic mass is 16.7. The molecule has 0 spiro atoms. The predicted octanol–water partition coefficient (Wildman–Crippen LogP) is 3.60. The molecule has 5 rings (SSSR count). The molecule has 4 aromatic rings. The Hall–Kier alpha value is -4.18. The Balaban J connectivity index is 1.38. The number of benzene rings is 1. The van der Waals surface area contributed by atoms with E-state index in [1.807, 2.05) is 55.6 Å². The van der Waals surface area contributed by atoms with E-state index >= 15 is 0 Å². The number of nitrogen functional groups attached to an aromatic ring is 1. The number of amides is 2. The van der Waals surface area contributed by atoms with Gasteiger partial charge in [-0.1, -0.05) is 12.1 Å². The van der Waals surface area contributed by atoms with Gasteiger partial charge in [0.25, 0.3) is 0 Å². The highest BCUT2D eigenvalue weighted by Gasteiger charge is 2.32. The highest BCUT2D eigenvalue weighted by Crippen LogP contribution is 2.32. The number of nitrogens with two attached hydrogens (primary N) is 1. The van der Waals surface area contributed by atoms with Gasteiger partial charge in [0.1, 0.15) is 5.75 Å². The summed E-state index contributed by atoms with van der Waals surface area (Å²) in [5.41, 5.74) is 10.3. The van der Waals surface area contributed by atoms with E-state index < -0.39 is 0 Å². The van der Waals surface area contributed by atoms with E-state index in [2.05, 4.69) is 20.4 Å². The van der Waals surface area contributed by atoms with Crippen molar-refractivity contribution < 1.29 is 14.4 Å². The van der Waals surface area contributed by atoms with Crippen molar-refractivity contribution in [2.45, 2.75) is 19.4 Å². The number of carbonyl (C=O) groups is 1. The van der Waals surface area contributed by atoms with Crippen LogP contribution in [0.15, 0.2) is 54.9 Å². The lowest BCUT2D eigenvalue weighted by molar-refractivity contribution is -0.0829. The van der Waals surface area contributed by atoms with Crippen molar-refractivity contribution in [3.05, 3.63) is 66.1 Å². The van der Waals surface area contributed by atoms with Gasteiger partial charge in [-0.25, -0.2) is 9.31 Å². The zero-order chi connectivity index (χ0) is 22.9. The summed E-state index contributed by atoms with van der Waals surface area (Å²) in [6.07, 6.45) is 4.27. The second-order valence-corrected chi connectivity index (χ2v) is 7.71. The van der Waals surface area contributed by atoms with Crippen LogP contribution in [0.3, 0.4) is 0 Å². The summed E-state index contributed by atoms with van der Waals surface area (Å²) in [6, 6.07) is 12.7. The molecule has 0 bridgehead atoms. The molecule has 0 radical (unpaired) electrons. The Labute approximate surface area is 189 Å². The summed E-state index contributed by atoms with van der Waals surface area (Å²) in [5.74, 6) is 0.970. The minimum Gasteiger partial charge on any atom is -0.497 e. The molecule has 1 atom stereocenters. The Kier molecular flexibility index (Phi) is 5.27. The van der Waals surface area contributed by atoms with Gasteiger partial charge in [0.15, 0.2) is 5.65 Å². The average molecular weight is 445 g/mol. The van der Waals surface area contributed by atoms with Crippen LogP contribution in [0, 0.1) is 6.92 Å². The molecule has 10 nitrogen and oxygen atoms in total. The minimum absolute atomic E-state index is 0.187. The van der Waals surface area contributed by atoms with E-state index in [9.17, 15) is 4.79 Å². The van der Waals surface area contributed by atoms with Gasteiger partial charge in [-0.05, 0) is 42.8 Å². The molecule has 0 aliphatic carbocycles. The summed E-state index contributed by atoms with van der Waals surface area (Å²) in [7, 11) is 1.62. The zero-order valence-electron chi connectivity index (χ0n) is 18.2. The number of pyridine rings is 2. The van der Waals surface area contributed by atoms with Crippen molar-refractivity contribution >= 4 is 23.3 Å². The molecule has 0 saturated carbocycles. The van der Waals surface area contributed by atoms with Crippen molar-refractivity contribution in [1.29, 1.82) is 0 Å². The molecule has 1 saturated heterocycles. The van der Waals surface area contributed by atoms with Gasteiger partial charge in [0, 0.05) is 29.9 Å². The largest absolute Gasteiger partial charge is 0.497 e. The third kappa shape index (κ3) is 4.03. The quantitative estimate of drug-likeness (QED) is 0.492. The minimum atomic E-state index is -0.352. The van der Waals surface area contributed by atoms with E-state index in [1.165, 1.54) is 5.06 Å². The first-order valence-corrected chi connectivity index (χ1v) is 10.5. The number of aromatic nitrogens is 4. The van der Waals surface area contributed by atoms with E-state index in [-0.39, 0.29) is 18.0 Å². The summed E-state index contributed by atoms with van der Waals surface area (Å²) in [6.45, 7) is 2.30. The molecule has 168 valence electrons. The van der Waals surface area contributed by atoms with Crippen LogP contribution in [0.4, 0.5) is 16.4 Å². The number of hydrogen-bond donors (Lipinski definition) is 2. The Morgan fingerprint density at radius 3 is 2.82 bits per heavy atom. The van der Waals surface area contributed by atoms with Crippen LogP contribution in [0.5, 0.6) is 5.75 Å². The normalized spacial score (nSPS) is 15.7. The van der Waals surface area contributed by atoms with E-state index in [0.29, 0.717) is 30.1 Å². The van der Waals surface area contributed by atoms with Gasteiger partial charge in [-0.3, -0.25) is 9.82 Å². The fourth-order valence-electron chi connectivity index (χ4n) is 3.86. The zero-order valence-corrected chi connectivity index (χ0v) is 18.2. The second-order valence-electron chi connectivity index (χ2n) is 7.71. The Morgan fingerprint density at radius 2 is 2.03 bits per heavy atom. The monoisotopic (exact) mass is 445 g/mol. The first kappa shape index (κ1) is 20.7. The first-order chi connectivity index (χ1) is 16.0. The third-order valence-electron chi connectivity index (χ3n) is 5.61. The smallest absolute Gasteiger partial charge is 0.346 e. The Bertz CT molecular complexity index is 1320. The molecule has 33 heavy (non-hydrogen) atoms. The summed E-state index contributed by atoms with van der Waals surface area (Å²) in [4.78, 5) is 27.3. The van der Waals surface area contributed by atoms with E-state index in [4.69, 9.17) is 15.3 Å². The maximum absolute atomic E-state index is 13.1. The van der Waals surface area contributed by atoms with Gasteiger partial charge in [0.2, 0.25) is 5.95 Å². The number of fused-ring (bicyclic) bond motifs is 1. The molecule has 1 aromatic carbocycles. The van der Waals surface area contributed by atoms with Gasteiger partial charge in [-0.15, -0.1) is 5.10 Å². The Morgan fingerprint density at radius 1 is 1.21 bits per heavy atom. The maximum Gasteiger partial charge on any atom is 0.346 e. The number of nitrogens with one attached hydrogen (secondary N) is 1. The molecule has 1 fully saturated rings. The predicted molar refractivity (Wildman–Crippen MR) is 123 cm³/mol. The lowest BCUT2D eigenvalue weighted by Crippen LogP contribution is -2.33. The summed E-state index contributed by atoms with van der Waals surface area (Å²) in [5, 5.41) is 8.48. The number of rotatable bonds is 4. The number of aryl methyl sites for hydroxylation is 1. The SMILES string of the molecule is COc1ccc(C2CCON2C(=O)Nc2cc(-c3ccc4nc(N)nn4c3)cnc2C)cc1. The van der Waals surface area contributed by atoms with Crippen LogP contribution in [0.2, 0.25) is 0 Å². The molecule has 10 heteroatoms. The van der Waals surface area contributed by atoms with Gasteiger partial charge < -0.3 is 15.8 Å². The van der Waals surface area contributed by atoms with Crippen LogP contribution in [0.25, 0.3) is 16.8 Å². The molecular weight excluding hydrogens is 422 g/mol. The van der Waals surface area contributed by atoms with Crippen LogP contribution in [0.1, 0.15) is 23.7 Å². The summed E-state index contributed by atoms with van der Waals surface area (Å²) >= 11 is 0. The first-order valence-electron chi connectivity index (χ1n) is 10.5. The molecular formula is C23H23N7O3. The van der Waals surface area contributed by atoms with E-state index in [1.54, 1.807) is 17.8 Å². The third-order valence-corrected chi connectivity index (χ3v) is 5.61. The number of carbonyl (C=O) groups excluding carboxylic acids is 1. The van der Waals surface area contributed by atoms with Gasteiger partial charge >= 0.3 is 6.03 Å². The lowest BCUT2D eigenvalue weighted by Gasteiger charge is -2.23. The van der Waals surface area contributed by atoms with Crippen LogP contribution >= 0.6 is 0 Å². The number of methoxy groups -OCH3 is 1. The van der Waals surface area contributed by atoms with Crippen molar-refractivity contribution in [2.75, 3.05) is 24.8 Å². The summed E-state index contributed by atoms with van der Waals surface area (Å²) < 4.78 is 6.84. The molecule has 1 unspecified atom stereocenters. The maximum atomic E-state index is 13.1. The molecule has 3 aromatic heterocycles. The molecule has 4 heterocycles. The molecule has 1 aliphatic heterocycles. The standard InChI is InChI=1S/C23H23N7O3/c1-14-19(11-17(12-25-14)16-5-8-21-27-22(24)28-29(21)13-16)26-23(31)30-20(9-10-33-30)15-3-6-18(32-2)7-4-15/h3-8,11-13,20H,9-10H2,1-2H3,(H2,24,28)(H,26,31). The number of hydrogen-bond acceptors (Lipinski definition) is 7. The number of anilines is 2. The highest BCUT2D eigenvalue weighted by molar-refractivity contribution is 5.90. The van der Waals surface area contributed by atoms with Crippen LogP contribution < -0.4 is 15.8 Å². The van der Waals surface area contributed by atoms with Crippen molar-refractivity contribution in [2.24, 2.45) is 0 Å². The fourth-order valence-corrected chi connectivity index (χ4v) is 3.86. The number of nitrogens with zero attached hydrogens (tertiary/aromatic N) is 5. The average Bonchev–Trinajstić information content (AvgIpc) is 3.46. The van der Waals surface area contributed by atoms with Crippen LogP contribution in [-0.2, 0) is 4.84 Å². The molecule has 1 aliphatic rings. The number of hydroxylamine groups is 2. The number of urea groups is 1. The second kappa shape index (κ2) is 8.40. The molecule has 3 N–H and O–H groups in total. The number of ether oxygens (including phenoxy) is 1. The van der Waals surface area contributed by atoms with Gasteiger partial charge in [0.05, 0.1) is 31.1 Å². The molecule has 2 amide bonds. The topological polar surface area (TPSA) is 120 Å². The van der Waals surface area contributed by atoms with E-state index in [0.717, 1.165) is 22.4 Å².